The maximum absolute atomic E-state index is 12.2. The van der Waals surface area contributed by atoms with Crippen LogP contribution in [-0.4, -0.2) is 37.7 Å². The van der Waals surface area contributed by atoms with Crippen molar-refractivity contribution in [2.75, 3.05) is 0 Å². The summed E-state index contributed by atoms with van der Waals surface area (Å²) >= 11 is 0. The first kappa shape index (κ1) is 30.4. The van der Waals surface area contributed by atoms with Gasteiger partial charge in [0, 0.05) is 4.57 Å². The van der Waals surface area contributed by atoms with Crippen molar-refractivity contribution in [3.8, 4) is 11.5 Å². The minimum atomic E-state index is -2.24. The minimum absolute atomic E-state index is 0. The number of unbranched alkanes of at least 4 members (excludes halogenated alkanes) is 10. The summed E-state index contributed by atoms with van der Waals surface area (Å²) in [5, 5.41) is 0. The van der Waals surface area contributed by atoms with E-state index in [0.29, 0.717) is 11.5 Å². The van der Waals surface area contributed by atoms with E-state index in [0.717, 1.165) is 12.8 Å². The summed E-state index contributed by atoms with van der Waals surface area (Å²) in [5.41, 5.74) is 2.59. The number of rotatable bonds is 18. The molecule has 0 radical (unpaired) electrons. The molecule has 0 aliphatic rings. The van der Waals surface area contributed by atoms with Gasteiger partial charge in [0.2, 0.25) is 0 Å². The summed E-state index contributed by atoms with van der Waals surface area (Å²) in [6.45, 7) is 4.49. The van der Waals surface area contributed by atoms with Crippen LogP contribution in [-0.2, 0) is 17.4 Å². The molecule has 0 heterocycles. The zero-order valence-corrected chi connectivity index (χ0v) is 24.0. The van der Waals surface area contributed by atoms with Crippen molar-refractivity contribution in [3.05, 3.63) is 59.7 Å². The van der Waals surface area contributed by atoms with Gasteiger partial charge < -0.3 is 2.85 Å². The van der Waals surface area contributed by atoms with Gasteiger partial charge in [-0.25, -0.2) is 9.05 Å². The summed E-state index contributed by atoms with van der Waals surface area (Å²) in [5.74, 6) is 1.16. The number of hydrogen-bond donors (Lipinski definition) is 0. The van der Waals surface area contributed by atoms with Crippen molar-refractivity contribution < 1.29 is 16.5 Å². The summed E-state index contributed by atoms with van der Waals surface area (Å²) in [7, 11) is -2.24. The number of benzene rings is 2. The predicted molar refractivity (Wildman–Crippen MR) is 144 cm³/mol. The maximum atomic E-state index is 12.2. The first-order valence-electron chi connectivity index (χ1n) is 12.7. The zero-order valence-electron chi connectivity index (χ0n) is 22.9. The third kappa shape index (κ3) is 14.4. The molecule has 0 amide bonds. The first-order valence-corrected chi connectivity index (χ1v) is 13.8. The third-order valence-electron chi connectivity index (χ3n) is 5.84. The van der Waals surface area contributed by atoms with Gasteiger partial charge in [-0.1, -0.05) is 102 Å². The van der Waals surface area contributed by atoms with Crippen LogP contribution in [0.2, 0.25) is 0 Å². The van der Waals surface area contributed by atoms with E-state index in [1.165, 1.54) is 88.2 Å². The van der Waals surface area contributed by atoms with Gasteiger partial charge >= 0.3 is 46.0 Å². The normalized spacial score (nSPS) is 10.5. The van der Waals surface area contributed by atoms with Crippen molar-refractivity contribution in [2.24, 2.45) is 0 Å². The Morgan fingerprint density at radius 3 is 1.27 bits per heavy atom. The van der Waals surface area contributed by atoms with Crippen LogP contribution in [0.15, 0.2) is 48.5 Å². The van der Waals surface area contributed by atoms with Crippen molar-refractivity contribution in [1.29, 1.82) is 0 Å². The number of hydrogen-bond acceptors (Lipinski definition) is 3. The van der Waals surface area contributed by atoms with E-state index < -0.39 is 8.25 Å². The molecule has 0 aromatic heterocycles. The molecule has 2 aromatic rings. The van der Waals surface area contributed by atoms with Crippen molar-refractivity contribution in [2.45, 2.75) is 104 Å². The molecule has 5 heteroatoms. The Labute approximate surface area is 236 Å². The second-order valence-electron chi connectivity index (χ2n) is 8.73. The van der Waals surface area contributed by atoms with Gasteiger partial charge in [-0.2, -0.15) is 0 Å². The minimum Gasteiger partial charge on any atom is -1.00 e. The van der Waals surface area contributed by atoms with E-state index in [1.54, 1.807) is 0 Å². The van der Waals surface area contributed by atoms with Crippen LogP contribution >= 0.6 is 8.25 Å². The Balaban J connectivity index is 0. The SMILES string of the molecule is CCCCCCCCc1ccc(O[P+](=O)Oc2ccc(CCCCCCCC)cc2)cc1.[Ca+2].[H-].[H-]. The molecule has 33 heavy (non-hydrogen) atoms. The predicted octanol–water partition coefficient (Wildman–Crippen LogP) is 9.45. The zero-order chi connectivity index (χ0) is 22.9. The molecule has 0 saturated heterocycles. The monoisotopic (exact) mass is 499 g/mol. The maximum Gasteiger partial charge on any atom is 2.00 e. The van der Waals surface area contributed by atoms with Crippen molar-refractivity contribution in [1.82, 2.24) is 0 Å². The van der Waals surface area contributed by atoms with Crippen LogP contribution in [0.25, 0.3) is 0 Å². The fraction of sp³-hybridized carbons (Fsp3) is 0.571. The van der Waals surface area contributed by atoms with Crippen LogP contribution in [0.5, 0.6) is 11.5 Å². The molecule has 0 saturated carbocycles. The molecule has 0 spiro atoms. The Hall–Kier alpha value is -0.600. The van der Waals surface area contributed by atoms with E-state index >= 15 is 0 Å². The topological polar surface area (TPSA) is 35.5 Å². The van der Waals surface area contributed by atoms with E-state index in [1.807, 2.05) is 24.3 Å². The first-order chi connectivity index (χ1) is 15.7. The molecule has 180 valence electrons. The Bertz CT molecular complexity index is 694. The molecule has 0 fully saturated rings. The van der Waals surface area contributed by atoms with E-state index in [-0.39, 0.29) is 40.6 Å². The van der Waals surface area contributed by atoms with Crippen LogP contribution < -0.4 is 9.05 Å². The van der Waals surface area contributed by atoms with Crippen LogP contribution in [0.4, 0.5) is 0 Å². The van der Waals surface area contributed by atoms with Gasteiger partial charge in [0.25, 0.3) is 0 Å². The van der Waals surface area contributed by atoms with Crippen molar-refractivity contribution >= 4 is 46.0 Å². The summed E-state index contributed by atoms with van der Waals surface area (Å²) in [6.07, 6.45) is 17.8. The van der Waals surface area contributed by atoms with Gasteiger partial charge in [0.05, 0.1) is 0 Å². The smallest absolute Gasteiger partial charge is 1.00 e. The largest absolute Gasteiger partial charge is 2.00 e. The summed E-state index contributed by atoms with van der Waals surface area (Å²) in [4.78, 5) is 0. The molecular formula is C28H44CaO3P+. The van der Waals surface area contributed by atoms with Gasteiger partial charge in [-0.15, -0.1) is 0 Å². The fourth-order valence-electron chi connectivity index (χ4n) is 3.84. The fourth-order valence-corrected chi connectivity index (χ4v) is 4.47. The molecule has 0 unspecified atom stereocenters. The van der Waals surface area contributed by atoms with Crippen molar-refractivity contribution in [3.63, 3.8) is 0 Å². The molecule has 0 aliphatic heterocycles. The summed E-state index contributed by atoms with van der Waals surface area (Å²) in [6, 6.07) is 15.8. The molecule has 2 aromatic carbocycles. The Kier molecular flexibility index (Phi) is 18.1. The van der Waals surface area contributed by atoms with Crippen LogP contribution in [0.1, 0.15) is 105 Å². The van der Waals surface area contributed by atoms with E-state index in [4.69, 9.17) is 9.05 Å². The molecule has 3 nitrogen and oxygen atoms in total. The molecule has 2 rings (SSSR count). The molecule has 0 aliphatic carbocycles. The van der Waals surface area contributed by atoms with Gasteiger partial charge in [0.1, 0.15) is 0 Å². The molecule has 0 bridgehead atoms. The van der Waals surface area contributed by atoms with Gasteiger partial charge in [0.15, 0.2) is 11.5 Å². The molecular weight excluding hydrogens is 455 g/mol. The van der Waals surface area contributed by atoms with E-state index in [2.05, 4.69) is 38.1 Å². The van der Waals surface area contributed by atoms with Gasteiger partial charge in [-0.3, -0.25) is 0 Å². The second-order valence-corrected chi connectivity index (χ2v) is 9.54. The van der Waals surface area contributed by atoms with Gasteiger partial charge in [-0.05, 0) is 61.1 Å². The van der Waals surface area contributed by atoms with Crippen LogP contribution in [0.3, 0.4) is 0 Å². The Morgan fingerprint density at radius 2 is 0.909 bits per heavy atom. The Morgan fingerprint density at radius 1 is 0.576 bits per heavy atom. The second kappa shape index (κ2) is 19.7. The quantitative estimate of drug-likeness (QED) is 0.116. The third-order valence-corrected chi connectivity index (χ3v) is 6.56. The van der Waals surface area contributed by atoms with E-state index in [9.17, 15) is 4.57 Å². The number of aryl methyl sites for hydroxylation is 2. The molecule has 0 atom stereocenters. The standard InChI is InChI=1S/C28H42O3P.Ca.2H/c1-3-5-7-9-11-13-15-25-17-21-27(22-18-25)30-32(29)31-28-23-19-26(20-24-28)16-14-12-10-8-6-4-2;;;/h17-24H,3-16H2,1-2H3;;;/q+1;+2;2*-1. The summed E-state index contributed by atoms with van der Waals surface area (Å²) < 4.78 is 23.2. The average Bonchev–Trinajstić information content (AvgIpc) is 2.80. The molecule has 0 N–H and O–H groups in total. The van der Waals surface area contributed by atoms with Crippen LogP contribution in [0, 0.1) is 0 Å². The average molecular weight is 500 g/mol.